The summed E-state index contributed by atoms with van der Waals surface area (Å²) >= 11 is 0. The third-order valence-electron chi connectivity index (χ3n) is 3.59. The summed E-state index contributed by atoms with van der Waals surface area (Å²) in [6, 6.07) is 13.3. The van der Waals surface area contributed by atoms with Crippen LogP contribution in [0.2, 0.25) is 0 Å². The van der Waals surface area contributed by atoms with Crippen molar-refractivity contribution in [2.45, 2.75) is 29.1 Å². The van der Waals surface area contributed by atoms with E-state index < -0.39 is 16.8 Å². The molecule has 114 valence electrons. The second-order valence-corrected chi connectivity index (χ2v) is 6.59. The van der Waals surface area contributed by atoms with Gasteiger partial charge < -0.3 is 9.84 Å². The molecule has 1 aliphatic heterocycles. The monoisotopic (exact) mass is 316 g/mol. The Morgan fingerprint density at radius 2 is 1.91 bits per heavy atom. The summed E-state index contributed by atoms with van der Waals surface area (Å²) in [5, 5.41) is 8.60. The minimum Gasteiger partial charge on any atom is -0.494 e. The fourth-order valence-corrected chi connectivity index (χ4v) is 3.91. The summed E-state index contributed by atoms with van der Waals surface area (Å²) in [5.74, 6) is -0.124. The molecule has 0 fully saturated rings. The highest BCUT2D eigenvalue weighted by Gasteiger charge is 2.21. The molecule has 1 heterocycles. The van der Waals surface area contributed by atoms with Crippen molar-refractivity contribution in [1.82, 2.24) is 0 Å². The molecule has 3 rings (SSSR count). The summed E-state index contributed by atoms with van der Waals surface area (Å²) in [6.45, 7) is 0.366. The van der Waals surface area contributed by atoms with Crippen LogP contribution in [-0.4, -0.2) is 21.9 Å². The summed E-state index contributed by atoms with van der Waals surface area (Å²) in [4.78, 5) is 12.2. The third kappa shape index (κ3) is 3.04. The van der Waals surface area contributed by atoms with Gasteiger partial charge in [0.2, 0.25) is 0 Å². The minimum absolute atomic E-state index is 0.0995. The molecule has 0 saturated heterocycles. The Balaban J connectivity index is 1.75. The first kappa shape index (κ1) is 14.8. The number of fused-ring (bicyclic) bond motifs is 2. The molecule has 0 spiro atoms. The Kier molecular flexibility index (Phi) is 4.24. The maximum Gasteiger partial charge on any atom is 0.303 e. The molecule has 1 unspecified atom stereocenters. The first-order valence-electron chi connectivity index (χ1n) is 7.12. The molecule has 22 heavy (non-hydrogen) atoms. The SMILES string of the molecule is O=C(O)CCCOc1ccc2c(c1)Cc1ccccc1S2=O. The largest absolute Gasteiger partial charge is 0.494 e. The lowest BCUT2D eigenvalue weighted by atomic mass is 10.0. The molecule has 0 amide bonds. The van der Waals surface area contributed by atoms with Crippen LogP contribution in [0.25, 0.3) is 0 Å². The number of rotatable bonds is 5. The van der Waals surface area contributed by atoms with Gasteiger partial charge in [0, 0.05) is 16.2 Å². The first-order valence-corrected chi connectivity index (χ1v) is 8.27. The maximum atomic E-state index is 12.6. The lowest BCUT2D eigenvalue weighted by Crippen LogP contribution is -2.09. The van der Waals surface area contributed by atoms with E-state index in [4.69, 9.17) is 9.84 Å². The highest BCUT2D eigenvalue weighted by atomic mass is 32.2. The fourth-order valence-electron chi connectivity index (χ4n) is 2.53. The van der Waals surface area contributed by atoms with Crippen molar-refractivity contribution in [2.24, 2.45) is 0 Å². The molecule has 0 aliphatic carbocycles. The Morgan fingerprint density at radius 3 is 2.73 bits per heavy atom. The van der Waals surface area contributed by atoms with E-state index in [0.29, 0.717) is 18.8 Å². The van der Waals surface area contributed by atoms with Crippen molar-refractivity contribution >= 4 is 16.8 Å². The standard InChI is InChI=1S/C17H16O4S/c18-17(19)6-3-9-21-14-7-8-16-13(11-14)10-12-4-1-2-5-15(12)22(16)20/h1-2,4-5,7-8,11H,3,6,9-10H2,(H,18,19). The molecule has 1 N–H and O–H groups in total. The van der Waals surface area contributed by atoms with Crippen LogP contribution in [0.3, 0.4) is 0 Å². The zero-order chi connectivity index (χ0) is 15.5. The van der Waals surface area contributed by atoms with Gasteiger partial charge in [0.25, 0.3) is 0 Å². The second kappa shape index (κ2) is 6.32. The molecule has 0 bridgehead atoms. The third-order valence-corrected chi connectivity index (χ3v) is 5.18. The number of carbonyl (C=O) groups is 1. The number of aliphatic carboxylic acids is 1. The number of hydrogen-bond donors (Lipinski definition) is 1. The first-order chi connectivity index (χ1) is 10.6. The molecule has 2 aromatic rings. The molecule has 1 atom stereocenters. The van der Waals surface area contributed by atoms with Gasteiger partial charge in [-0.05, 0) is 48.2 Å². The van der Waals surface area contributed by atoms with E-state index in [-0.39, 0.29) is 6.42 Å². The smallest absolute Gasteiger partial charge is 0.303 e. The Labute approximate surface area is 131 Å². The van der Waals surface area contributed by atoms with Crippen molar-refractivity contribution in [3.63, 3.8) is 0 Å². The lowest BCUT2D eigenvalue weighted by Gasteiger charge is -2.19. The molecule has 4 nitrogen and oxygen atoms in total. The van der Waals surface area contributed by atoms with E-state index >= 15 is 0 Å². The van der Waals surface area contributed by atoms with Crippen LogP contribution in [0.15, 0.2) is 52.3 Å². The van der Waals surface area contributed by atoms with Gasteiger partial charge in [0.15, 0.2) is 0 Å². The number of carboxylic acid groups (broad SMARTS) is 1. The minimum atomic E-state index is -1.15. The molecule has 0 saturated carbocycles. The van der Waals surface area contributed by atoms with Crippen LogP contribution in [0.4, 0.5) is 0 Å². The second-order valence-electron chi connectivity index (χ2n) is 5.17. The zero-order valence-electron chi connectivity index (χ0n) is 12.0. The molecular weight excluding hydrogens is 300 g/mol. The van der Waals surface area contributed by atoms with E-state index in [0.717, 1.165) is 27.3 Å². The molecule has 0 radical (unpaired) electrons. The van der Waals surface area contributed by atoms with E-state index in [1.807, 2.05) is 36.4 Å². The van der Waals surface area contributed by atoms with Gasteiger partial charge in [0.05, 0.1) is 17.4 Å². The van der Waals surface area contributed by atoms with E-state index in [1.54, 1.807) is 6.07 Å². The van der Waals surface area contributed by atoms with E-state index in [1.165, 1.54) is 0 Å². The summed E-state index contributed by atoms with van der Waals surface area (Å²) < 4.78 is 18.1. The van der Waals surface area contributed by atoms with Crippen LogP contribution in [0, 0.1) is 0 Å². The molecular formula is C17H16O4S. The Hall–Kier alpha value is -2.14. The predicted octanol–water partition coefficient (Wildman–Crippen LogP) is 3.00. The Morgan fingerprint density at radius 1 is 1.14 bits per heavy atom. The number of ether oxygens (including phenoxy) is 1. The Bertz CT molecular complexity index is 739. The molecule has 1 aliphatic rings. The summed E-state index contributed by atoms with van der Waals surface area (Å²) in [5.41, 5.74) is 2.09. The van der Waals surface area contributed by atoms with Gasteiger partial charge in [0.1, 0.15) is 5.75 Å². The van der Waals surface area contributed by atoms with Crippen molar-refractivity contribution in [2.75, 3.05) is 6.61 Å². The van der Waals surface area contributed by atoms with Crippen LogP contribution in [0.5, 0.6) is 5.75 Å². The predicted molar refractivity (Wildman–Crippen MR) is 82.7 cm³/mol. The average molecular weight is 316 g/mol. The number of hydrogen-bond acceptors (Lipinski definition) is 3. The summed E-state index contributed by atoms with van der Waals surface area (Å²) in [7, 11) is -1.15. The number of benzene rings is 2. The highest BCUT2D eigenvalue weighted by molar-refractivity contribution is 7.85. The van der Waals surface area contributed by atoms with E-state index in [2.05, 4.69) is 0 Å². The van der Waals surface area contributed by atoms with Crippen molar-refractivity contribution < 1.29 is 18.8 Å². The molecule has 2 aromatic carbocycles. The summed E-state index contributed by atoms with van der Waals surface area (Å²) in [6.07, 6.45) is 1.31. The average Bonchev–Trinajstić information content (AvgIpc) is 2.51. The molecule has 0 aromatic heterocycles. The normalized spacial score (nSPS) is 15.7. The maximum absolute atomic E-state index is 12.6. The van der Waals surface area contributed by atoms with Gasteiger partial charge in [-0.25, -0.2) is 4.21 Å². The van der Waals surface area contributed by atoms with Crippen LogP contribution >= 0.6 is 0 Å². The van der Waals surface area contributed by atoms with Gasteiger partial charge in [-0.3, -0.25) is 4.79 Å². The van der Waals surface area contributed by atoms with Crippen LogP contribution in [0.1, 0.15) is 24.0 Å². The van der Waals surface area contributed by atoms with Gasteiger partial charge >= 0.3 is 5.97 Å². The topological polar surface area (TPSA) is 63.6 Å². The lowest BCUT2D eigenvalue weighted by molar-refractivity contribution is -0.137. The highest BCUT2D eigenvalue weighted by Crippen LogP contribution is 2.33. The zero-order valence-corrected chi connectivity index (χ0v) is 12.8. The van der Waals surface area contributed by atoms with Crippen LogP contribution in [-0.2, 0) is 22.0 Å². The fraction of sp³-hybridized carbons (Fsp3) is 0.235. The van der Waals surface area contributed by atoms with Crippen molar-refractivity contribution in [1.29, 1.82) is 0 Å². The number of carboxylic acids is 1. The van der Waals surface area contributed by atoms with E-state index in [9.17, 15) is 9.00 Å². The van der Waals surface area contributed by atoms with Crippen molar-refractivity contribution in [3.8, 4) is 5.75 Å². The van der Waals surface area contributed by atoms with Gasteiger partial charge in [-0.1, -0.05) is 18.2 Å². The van der Waals surface area contributed by atoms with Crippen LogP contribution < -0.4 is 4.74 Å². The quantitative estimate of drug-likeness (QED) is 0.735. The van der Waals surface area contributed by atoms with Gasteiger partial charge in [-0.2, -0.15) is 0 Å². The molecule has 5 heteroatoms. The van der Waals surface area contributed by atoms with Gasteiger partial charge in [-0.15, -0.1) is 0 Å². The van der Waals surface area contributed by atoms with Crippen molar-refractivity contribution in [3.05, 3.63) is 53.6 Å².